The molecule has 1 aromatic heterocycles. The maximum absolute atomic E-state index is 12.1. The number of pyridine rings is 1. The first-order chi connectivity index (χ1) is 12.0. The number of nitrogens with one attached hydrogen (secondary N) is 2. The minimum Gasteiger partial charge on any atom is -0.379 e. The van der Waals surface area contributed by atoms with Gasteiger partial charge in [-0.1, -0.05) is 0 Å². The van der Waals surface area contributed by atoms with E-state index in [4.69, 9.17) is 4.74 Å². The number of ether oxygens (including phenoxy) is 1. The third kappa shape index (κ3) is 6.97. The van der Waals surface area contributed by atoms with Crippen LogP contribution in [0.2, 0.25) is 0 Å². The average molecular weight is 369 g/mol. The van der Waals surface area contributed by atoms with E-state index in [-0.39, 0.29) is 11.4 Å². The molecule has 0 aromatic carbocycles. The largest absolute Gasteiger partial charge is 0.379 e. The van der Waals surface area contributed by atoms with E-state index in [1.165, 1.54) is 31.3 Å². The summed E-state index contributed by atoms with van der Waals surface area (Å²) in [5.74, 6) is 1.46. The Morgan fingerprint density at radius 2 is 2.24 bits per heavy atom. The van der Waals surface area contributed by atoms with Crippen LogP contribution in [0.25, 0.3) is 0 Å². The van der Waals surface area contributed by atoms with Gasteiger partial charge in [-0.2, -0.15) is 0 Å². The molecule has 0 bridgehead atoms. The minimum absolute atomic E-state index is 0.157. The zero-order valence-electron chi connectivity index (χ0n) is 14.8. The number of nitrogens with zero attached hydrogens (tertiary/aromatic N) is 3. The zero-order valence-corrected chi connectivity index (χ0v) is 15.6. The lowest BCUT2D eigenvalue weighted by molar-refractivity contribution is 0.115. The minimum atomic E-state index is -3.53. The maximum Gasteiger partial charge on any atom is 0.242 e. The van der Waals surface area contributed by atoms with E-state index < -0.39 is 10.0 Å². The fourth-order valence-corrected chi connectivity index (χ4v) is 3.17. The lowest BCUT2D eigenvalue weighted by atomic mass is 10.5. The normalized spacial score (nSPS) is 15.2. The highest BCUT2D eigenvalue weighted by Gasteiger charge is 2.21. The first kappa shape index (κ1) is 19.6. The molecule has 8 nitrogen and oxygen atoms in total. The molecular formula is C16H27N5O3S. The van der Waals surface area contributed by atoms with Crippen molar-refractivity contribution >= 4 is 16.0 Å². The molecule has 0 amide bonds. The Morgan fingerprint density at radius 1 is 1.44 bits per heavy atom. The summed E-state index contributed by atoms with van der Waals surface area (Å²) >= 11 is 0. The standard InChI is InChI=1S/C16H27N5O3S/c1-17-16(21(2)10-11-24-13-14-5-6-14)19-8-9-20-25(22,23)15-4-3-7-18-12-15/h3-4,7,12,14,20H,5-6,8-11,13H2,1-2H3,(H,17,19). The summed E-state index contributed by atoms with van der Waals surface area (Å²) in [5.41, 5.74) is 0. The van der Waals surface area contributed by atoms with Crippen LogP contribution in [0.5, 0.6) is 0 Å². The van der Waals surface area contributed by atoms with E-state index in [1.807, 2.05) is 11.9 Å². The second-order valence-electron chi connectivity index (χ2n) is 6.00. The molecule has 9 heteroatoms. The van der Waals surface area contributed by atoms with Crippen molar-refractivity contribution in [3.05, 3.63) is 24.5 Å². The molecule has 0 radical (unpaired) electrons. The zero-order chi connectivity index (χ0) is 18.1. The van der Waals surface area contributed by atoms with Crippen molar-refractivity contribution in [1.29, 1.82) is 0 Å². The summed E-state index contributed by atoms with van der Waals surface area (Å²) in [4.78, 5) is 10.1. The van der Waals surface area contributed by atoms with Crippen molar-refractivity contribution in [2.24, 2.45) is 10.9 Å². The topological polar surface area (TPSA) is 95.9 Å². The second-order valence-corrected chi connectivity index (χ2v) is 7.77. The Kier molecular flexibility index (Phi) is 7.60. The number of aromatic nitrogens is 1. The second kappa shape index (κ2) is 9.69. The SMILES string of the molecule is CN=C(NCCNS(=O)(=O)c1cccnc1)N(C)CCOCC1CC1. The predicted octanol–water partition coefficient (Wildman–Crippen LogP) is 0.294. The summed E-state index contributed by atoms with van der Waals surface area (Å²) in [7, 11) is 0.0933. The molecule has 0 aliphatic heterocycles. The van der Waals surface area contributed by atoms with Crippen LogP contribution in [0, 0.1) is 5.92 Å². The fraction of sp³-hybridized carbons (Fsp3) is 0.625. The third-order valence-corrected chi connectivity index (χ3v) is 5.29. The molecule has 0 unspecified atom stereocenters. The van der Waals surface area contributed by atoms with E-state index in [9.17, 15) is 8.42 Å². The van der Waals surface area contributed by atoms with Gasteiger partial charge in [0.2, 0.25) is 10.0 Å². The Bertz CT molecular complexity index is 647. The van der Waals surface area contributed by atoms with E-state index in [0.717, 1.165) is 19.1 Å². The Balaban J connectivity index is 1.66. The van der Waals surface area contributed by atoms with Gasteiger partial charge in [0.15, 0.2) is 5.96 Å². The molecule has 1 saturated carbocycles. The van der Waals surface area contributed by atoms with Gasteiger partial charge < -0.3 is 15.0 Å². The number of sulfonamides is 1. The molecule has 2 rings (SSSR count). The summed E-state index contributed by atoms with van der Waals surface area (Å²) in [6, 6.07) is 3.10. The predicted molar refractivity (Wildman–Crippen MR) is 97.0 cm³/mol. The fourth-order valence-electron chi connectivity index (χ4n) is 2.18. The van der Waals surface area contributed by atoms with Crippen LogP contribution < -0.4 is 10.0 Å². The van der Waals surface area contributed by atoms with E-state index in [2.05, 4.69) is 20.0 Å². The molecule has 1 fully saturated rings. The van der Waals surface area contributed by atoms with Crippen LogP contribution >= 0.6 is 0 Å². The highest BCUT2D eigenvalue weighted by atomic mass is 32.2. The maximum atomic E-state index is 12.1. The van der Waals surface area contributed by atoms with Gasteiger partial charge in [-0.15, -0.1) is 0 Å². The number of rotatable bonds is 10. The van der Waals surface area contributed by atoms with Crippen molar-refractivity contribution < 1.29 is 13.2 Å². The summed E-state index contributed by atoms with van der Waals surface area (Å²) < 4.78 is 32.3. The Morgan fingerprint density at radius 3 is 2.88 bits per heavy atom. The number of aliphatic imine (C=N–C) groups is 1. The lowest BCUT2D eigenvalue weighted by Crippen LogP contribution is -2.43. The van der Waals surface area contributed by atoms with Gasteiger partial charge in [0.1, 0.15) is 4.90 Å². The molecule has 1 aromatic rings. The van der Waals surface area contributed by atoms with Gasteiger partial charge in [-0.3, -0.25) is 9.98 Å². The molecule has 25 heavy (non-hydrogen) atoms. The van der Waals surface area contributed by atoms with Crippen LogP contribution in [0.15, 0.2) is 34.4 Å². The average Bonchev–Trinajstić information content (AvgIpc) is 3.44. The van der Waals surface area contributed by atoms with E-state index in [1.54, 1.807) is 13.1 Å². The van der Waals surface area contributed by atoms with E-state index in [0.29, 0.717) is 19.1 Å². The molecule has 0 spiro atoms. The van der Waals surface area contributed by atoms with Crippen molar-refractivity contribution in [1.82, 2.24) is 19.9 Å². The number of hydrogen-bond donors (Lipinski definition) is 2. The van der Waals surface area contributed by atoms with Gasteiger partial charge in [0.25, 0.3) is 0 Å². The van der Waals surface area contributed by atoms with Gasteiger partial charge >= 0.3 is 0 Å². The van der Waals surface area contributed by atoms with Crippen molar-refractivity contribution in [3.63, 3.8) is 0 Å². The molecule has 0 atom stereocenters. The monoisotopic (exact) mass is 369 g/mol. The lowest BCUT2D eigenvalue weighted by Gasteiger charge is -2.22. The number of guanidine groups is 1. The van der Waals surface area contributed by atoms with Crippen LogP contribution in [-0.4, -0.2) is 71.2 Å². The van der Waals surface area contributed by atoms with Crippen molar-refractivity contribution in [2.45, 2.75) is 17.7 Å². The summed E-state index contributed by atoms with van der Waals surface area (Å²) in [5, 5.41) is 3.13. The third-order valence-electron chi connectivity index (χ3n) is 3.84. The van der Waals surface area contributed by atoms with Crippen molar-refractivity contribution in [2.75, 3.05) is 46.9 Å². The van der Waals surface area contributed by atoms with Crippen molar-refractivity contribution in [3.8, 4) is 0 Å². The molecule has 140 valence electrons. The molecule has 1 heterocycles. The first-order valence-electron chi connectivity index (χ1n) is 8.42. The number of likely N-dealkylation sites (N-methyl/N-ethyl adjacent to an activating group) is 1. The summed E-state index contributed by atoms with van der Waals surface area (Å²) in [6.07, 6.45) is 5.43. The molecule has 1 aliphatic carbocycles. The highest BCUT2D eigenvalue weighted by molar-refractivity contribution is 7.89. The quantitative estimate of drug-likeness (QED) is 0.350. The van der Waals surface area contributed by atoms with Crippen LogP contribution in [0.3, 0.4) is 0 Å². The van der Waals surface area contributed by atoms with Gasteiger partial charge in [-0.05, 0) is 30.9 Å². The van der Waals surface area contributed by atoms with Crippen LogP contribution in [0.1, 0.15) is 12.8 Å². The van der Waals surface area contributed by atoms with Crippen LogP contribution in [0.4, 0.5) is 0 Å². The van der Waals surface area contributed by atoms with Gasteiger partial charge in [0, 0.05) is 52.7 Å². The molecule has 1 aliphatic rings. The van der Waals surface area contributed by atoms with Crippen LogP contribution in [-0.2, 0) is 14.8 Å². The van der Waals surface area contributed by atoms with Gasteiger partial charge in [0.05, 0.1) is 6.61 Å². The first-order valence-corrected chi connectivity index (χ1v) is 9.90. The Labute approximate surface area is 149 Å². The van der Waals surface area contributed by atoms with E-state index >= 15 is 0 Å². The molecule has 2 N–H and O–H groups in total. The molecular weight excluding hydrogens is 342 g/mol. The smallest absolute Gasteiger partial charge is 0.242 e. The van der Waals surface area contributed by atoms with Gasteiger partial charge in [-0.25, -0.2) is 13.1 Å². The number of hydrogen-bond acceptors (Lipinski definition) is 5. The summed E-state index contributed by atoms with van der Waals surface area (Å²) in [6.45, 7) is 2.91. The Hall–Kier alpha value is -1.71. The molecule has 0 saturated heterocycles. The highest BCUT2D eigenvalue weighted by Crippen LogP contribution is 2.28.